The summed E-state index contributed by atoms with van der Waals surface area (Å²) in [5.41, 5.74) is 8.84. The molecule has 0 aliphatic carbocycles. The number of aromatic nitrogens is 3. The third kappa shape index (κ3) is 1.84. The quantitative estimate of drug-likeness (QED) is 0.238. The normalized spacial score (nSPS) is 12.7. The van der Waals surface area contributed by atoms with E-state index in [1.807, 2.05) is 11.7 Å². The van der Waals surface area contributed by atoms with Gasteiger partial charge in [0, 0.05) is 49.7 Å². The van der Waals surface area contributed by atoms with Crippen LogP contribution in [0.25, 0.3) is 71.1 Å². The molecule has 0 amide bonds. The molecule has 0 saturated heterocycles. The minimum atomic E-state index is 1.19. The fourth-order valence-electron chi connectivity index (χ4n) is 6.12. The molecule has 0 aliphatic heterocycles. The minimum absolute atomic E-state index is 1.19. The Hall–Kier alpha value is -4.28. The summed E-state index contributed by atoms with van der Waals surface area (Å²) >= 11 is 1.81. The maximum atomic E-state index is 2.45. The van der Waals surface area contributed by atoms with Crippen molar-refractivity contribution in [2.45, 2.75) is 0 Å². The molecular formula is C30H17N3S. The second-order valence-corrected chi connectivity index (χ2v) is 9.98. The zero-order valence-corrected chi connectivity index (χ0v) is 18.9. The molecule has 158 valence electrons. The van der Waals surface area contributed by atoms with Crippen LogP contribution in [-0.2, 0) is 0 Å². The van der Waals surface area contributed by atoms with Crippen molar-refractivity contribution in [1.82, 2.24) is 12.1 Å². The van der Waals surface area contributed by atoms with E-state index in [1.165, 1.54) is 71.1 Å². The van der Waals surface area contributed by atoms with Crippen LogP contribution in [0.2, 0.25) is 0 Å². The van der Waals surface area contributed by atoms with Crippen LogP contribution < -0.4 is 0 Å². The number of benzene rings is 5. The summed E-state index contributed by atoms with van der Waals surface area (Å²) in [7, 11) is 0. The van der Waals surface area contributed by atoms with Crippen LogP contribution in [0.3, 0.4) is 0 Å². The van der Waals surface area contributed by atoms with Gasteiger partial charge in [0.05, 0.1) is 33.1 Å². The summed E-state index contributed by atoms with van der Waals surface area (Å²) in [6, 6.07) is 37.6. The van der Waals surface area contributed by atoms with Gasteiger partial charge >= 0.3 is 0 Å². The van der Waals surface area contributed by atoms with Gasteiger partial charge in [-0.15, -0.1) is 0 Å². The van der Waals surface area contributed by atoms with E-state index in [0.717, 1.165) is 0 Å². The Morgan fingerprint density at radius 1 is 0.412 bits per heavy atom. The summed E-state index contributed by atoms with van der Waals surface area (Å²) < 4.78 is 7.34. The molecule has 0 unspecified atom stereocenters. The van der Waals surface area contributed by atoms with Gasteiger partial charge in [-0.25, -0.2) is 7.58 Å². The second kappa shape index (κ2) is 5.79. The first-order valence-corrected chi connectivity index (χ1v) is 12.3. The fraction of sp³-hybridized carbons (Fsp3) is 0. The lowest BCUT2D eigenvalue weighted by atomic mass is 10.1. The minimum Gasteiger partial charge on any atom is -0.309 e. The number of hydrogen-bond acceptors (Lipinski definition) is 1. The maximum absolute atomic E-state index is 2.45. The molecular weight excluding hydrogens is 434 g/mol. The summed E-state index contributed by atoms with van der Waals surface area (Å²) in [4.78, 5) is 0. The lowest BCUT2D eigenvalue weighted by Gasteiger charge is -2.08. The first-order valence-electron chi connectivity index (χ1n) is 11.6. The van der Waals surface area contributed by atoms with Crippen molar-refractivity contribution in [2.24, 2.45) is 0 Å². The molecule has 9 aromatic rings. The summed E-state index contributed by atoms with van der Waals surface area (Å²) in [6.45, 7) is 0. The smallest absolute Gasteiger partial charge is 0.0760 e. The fourth-order valence-corrected chi connectivity index (χ4v) is 7.32. The molecule has 4 heterocycles. The molecule has 0 saturated carbocycles. The molecule has 9 rings (SSSR count). The van der Waals surface area contributed by atoms with E-state index in [0.29, 0.717) is 0 Å². The van der Waals surface area contributed by atoms with Crippen LogP contribution in [0.4, 0.5) is 0 Å². The first kappa shape index (κ1) is 17.2. The van der Waals surface area contributed by atoms with Crippen LogP contribution in [-0.4, -0.2) is 12.1 Å². The molecule has 4 aromatic heterocycles. The first-order chi connectivity index (χ1) is 16.9. The SMILES string of the molecule is c1ccc(-n2c3ccc4c5ccccc5n5sn6c7ccccc7c7ccc2c(c3c45)c76)cc1. The zero-order chi connectivity index (χ0) is 22.0. The Morgan fingerprint density at radius 2 is 0.912 bits per heavy atom. The third-order valence-electron chi connectivity index (χ3n) is 7.45. The number of fused-ring (bicyclic) bond motifs is 6. The van der Waals surface area contributed by atoms with Crippen molar-refractivity contribution < 1.29 is 0 Å². The van der Waals surface area contributed by atoms with Crippen molar-refractivity contribution in [1.29, 1.82) is 0 Å². The van der Waals surface area contributed by atoms with Crippen LogP contribution >= 0.6 is 11.7 Å². The number of rotatable bonds is 1. The third-order valence-corrected chi connectivity index (χ3v) is 8.54. The molecule has 3 nitrogen and oxygen atoms in total. The standard InChI is InChI=1S/C30H17N3S/c1-2-8-18(9-3-1)31-25-16-14-21-19-10-4-6-12-23(19)32-29(21)27(25)28-26(31)17-15-22-20-11-5-7-13-24(20)33(34-32)30(22)28/h1-17H. The highest BCUT2D eigenvalue weighted by molar-refractivity contribution is 7.02. The Balaban J connectivity index is 1.72. The van der Waals surface area contributed by atoms with Crippen LogP contribution in [0, 0.1) is 0 Å². The second-order valence-electron chi connectivity index (χ2n) is 9.09. The van der Waals surface area contributed by atoms with E-state index < -0.39 is 0 Å². The molecule has 0 atom stereocenters. The number of para-hydroxylation sites is 3. The van der Waals surface area contributed by atoms with Gasteiger partial charge in [0.25, 0.3) is 0 Å². The molecule has 5 aromatic carbocycles. The van der Waals surface area contributed by atoms with Crippen molar-refractivity contribution >= 4 is 77.1 Å². The Labute approximate surface area is 197 Å². The van der Waals surface area contributed by atoms with Gasteiger partial charge in [0.1, 0.15) is 0 Å². The highest BCUT2D eigenvalue weighted by Gasteiger charge is 2.24. The van der Waals surface area contributed by atoms with E-state index in [2.05, 4.69) is 115 Å². The molecule has 0 bridgehead atoms. The van der Waals surface area contributed by atoms with Crippen molar-refractivity contribution in [3.8, 4) is 5.69 Å². The highest BCUT2D eigenvalue weighted by Crippen LogP contribution is 2.46. The van der Waals surface area contributed by atoms with E-state index >= 15 is 0 Å². The lowest BCUT2D eigenvalue weighted by molar-refractivity contribution is 1.18. The predicted molar refractivity (Wildman–Crippen MR) is 144 cm³/mol. The lowest BCUT2D eigenvalue weighted by Crippen LogP contribution is -1.93. The maximum Gasteiger partial charge on any atom is 0.0760 e. The van der Waals surface area contributed by atoms with Crippen molar-refractivity contribution in [3.05, 3.63) is 103 Å². The summed E-state index contributed by atoms with van der Waals surface area (Å²) in [5.74, 6) is 0. The van der Waals surface area contributed by atoms with Gasteiger partial charge in [-0.3, -0.25) is 0 Å². The topological polar surface area (TPSA) is 13.8 Å². The molecule has 34 heavy (non-hydrogen) atoms. The summed E-state index contributed by atoms with van der Waals surface area (Å²) in [5, 5.41) is 7.92. The van der Waals surface area contributed by atoms with Gasteiger partial charge in [0.15, 0.2) is 0 Å². The van der Waals surface area contributed by atoms with E-state index in [1.54, 1.807) is 0 Å². The molecule has 0 radical (unpaired) electrons. The predicted octanol–water partition coefficient (Wildman–Crippen LogP) is 8.25. The highest BCUT2D eigenvalue weighted by atomic mass is 32.1. The van der Waals surface area contributed by atoms with Gasteiger partial charge in [-0.2, -0.15) is 0 Å². The monoisotopic (exact) mass is 451 g/mol. The number of hydrogen-bond donors (Lipinski definition) is 0. The van der Waals surface area contributed by atoms with E-state index in [9.17, 15) is 0 Å². The van der Waals surface area contributed by atoms with Crippen molar-refractivity contribution in [3.63, 3.8) is 0 Å². The average Bonchev–Trinajstić information content (AvgIpc) is 3.47. The van der Waals surface area contributed by atoms with Gasteiger partial charge in [-0.1, -0.05) is 66.7 Å². The summed E-state index contributed by atoms with van der Waals surface area (Å²) in [6.07, 6.45) is 0. The van der Waals surface area contributed by atoms with E-state index in [-0.39, 0.29) is 0 Å². The van der Waals surface area contributed by atoms with E-state index in [4.69, 9.17) is 0 Å². The Bertz CT molecular complexity index is 2080. The molecule has 0 spiro atoms. The number of nitrogens with zero attached hydrogens (tertiary/aromatic N) is 3. The van der Waals surface area contributed by atoms with Crippen LogP contribution in [0.5, 0.6) is 0 Å². The molecule has 4 heteroatoms. The van der Waals surface area contributed by atoms with Crippen molar-refractivity contribution in [2.75, 3.05) is 0 Å². The zero-order valence-electron chi connectivity index (χ0n) is 18.1. The van der Waals surface area contributed by atoms with Gasteiger partial charge in [-0.05, 0) is 36.4 Å². The van der Waals surface area contributed by atoms with Gasteiger partial charge in [0.2, 0.25) is 0 Å². The Morgan fingerprint density at radius 3 is 1.47 bits per heavy atom. The molecule has 0 aliphatic rings. The average molecular weight is 452 g/mol. The molecule has 0 fully saturated rings. The largest absolute Gasteiger partial charge is 0.309 e. The van der Waals surface area contributed by atoms with Crippen LogP contribution in [0.15, 0.2) is 103 Å². The van der Waals surface area contributed by atoms with Gasteiger partial charge < -0.3 is 4.57 Å². The van der Waals surface area contributed by atoms with Crippen LogP contribution in [0.1, 0.15) is 0 Å². The molecule has 0 N–H and O–H groups in total. The Kier molecular flexibility index (Phi) is 2.94.